The van der Waals surface area contributed by atoms with Crippen molar-refractivity contribution in [1.29, 1.82) is 0 Å². The molecule has 0 aliphatic carbocycles. The fourth-order valence-corrected chi connectivity index (χ4v) is 4.58. The molecule has 3 aromatic rings. The Kier molecular flexibility index (Phi) is 7.14. The lowest BCUT2D eigenvalue weighted by molar-refractivity contribution is -0.386. The molecule has 36 heavy (non-hydrogen) atoms. The number of nitrogen functional groups attached to an aromatic ring is 1. The van der Waals surface area contributed by atoms with E-state index in [4.69, 9.17) is 19.9 Å². The molecular formula is C24H31N5O7. The Morgan fingerprint density at radius 1 is 1.36 bits per heavy atom. The van der Waals surface area contributed by atoms with Gasteiger partial charge in [0.1, 0.15) is 35.9 Å². The highest BCUT2D eigenvalue weighted by atomic mass is 16.6. The molecule has 4 rings (SSSR count). The van der Waals surface area contributed by atoms with Crippen LogP contribution in [0.15, 0.2) is 30.7 Å². The minimum Gasteiger partial charge on any atom is -0.497 e. The molecule has 0 amide bonds. The number of nitro benzene ring substituents is 1. The molecule has 0 saturated carbocycles. The van der Waals surface area contributed by atoms with Crippen molar-refractivity contribution in [2.75, 3.05) is 19.5 Å². The number of aliphatic hydroxyl groups is 2. The van der Waals surface area contributed by atoms with Gasteiger partial charge in [-0.1, -0.05) is 20.8 Å². The first-order valence-electron chi connectivity index (χ1n) is 11.5. The zero-order valence-electron chi connectivity index (χ0n) is 20.6. The number of nitro groups is 1. The topological polar surface area (TPSA) is 168 Å². The number of ether oxygens (including phenoxy) is 3. The summed E-state index contributed by atoms with van der Waals surface area (Å²) in [5, 5.41) is 32.1. The van der Waals surface area contributed by atoms with E-state index in [1.807, 2.05) is 20.8 Å². The van der Waals surface area contributed by atoms with Gasteiger partial charge in [0, 0.05) is 24.2 Å². The molecule has 1 aromatic carbocycles. The Morgan fingerprint density at radius 3 is 2.72 bits per heavy atom. The summed E-state index contributed by atoms with van der Waals surface area (Å²) in [5.74, 6) is 0.729. The smallest absolute Gasteiger partial charge is 0.275 e. The number of fused-ring (bicyclic) bond motifs is 1. The maximum absolute atomic E-state index is 11.8. The highest BCUT2D eigenvalue weighted by molar-refractivity contribution is 5.89. The highest BCUT2D eigenvalue weighted by Crippen LogP contribution is 2.43. The van der Waals surface area contributed by atoms with Crippen LogP contribution in [0.5, 0.6) is 5.75 Å². The van der Waals surface area contributed by atoms with Gasteiger partial charge in [0.15, 0.2) is 0 Å². The van der Waals surface area contributed by atoms with Crippen molar-refractivity contribution in [2.45, 2.75) is 58.3 Å². The van der Waals surface area contributed by atoms with E-state index < -0.39 is 34.9 Å². The van der Waals surface area contributed by atoms with Gasteiger partial charge in [0.2, 0.25) is 0 Å². The van der Waals surface area contributed by atoms with Gasteiger partial charge in [-0.2, -0.15) is 0 Å². The van der Waals surface area contributed by atoms with Crippen LogP contribution in [0.2, 0.25) is 0 Å². The molecular weight excluding hydrogens is 470 g/mol. The van der Waals surface area contributed by atoms with Crippen LogP contribution in [0, 0.1) is 15.5 Å². The first-order valence-corrected chi connectivity index (χ1v) is 11.5. The normalized spacial score (nSPS) is 21.1. The Bertz CT molecular complexity index is 1260. The number of hydrogen-bond donors (Lipinski definition) is 3. The standard InChI is InChI=1S/C24H31N5O7/c1-24(2,3)21(15-7-14(34-4)5-6-16(15)29(32)33)35-11-13-9-28(19-8-17(31)18(10-30)36-19)23-20(13)22(25)26-12-27-23/h5-7,9,12,17-19,21,30-31H,8,10-11H2,1-4H3,(H2,25,26,27)/t17-,18+,19+,21+/m0/s1. The van der Waals surface area contributed by atoms with Crippen LogP contribution < -0.4 is 10.5 Å². The molecule has 194 valence electrons. The molecule has 1 fully saturated rings. The zero-order chi connectivity index (χ0) is 26.2. The predicted molar refractivity (Wildman–Crippen MR) is 130 cm³/mol. The monoisotopic (exact) mass is 501 g/mol. The lowest BCUT2D eigenvalue weighted by Crippen LogP contribution is -2.24. The number of rotatable bonds is 8. The maximum Gasteiger partial charge on any atom is 0.275 e. The Hall–Kier alpha value is -3.32. The molecule has 12 heteroatoms. The summed E-state index contributed by atoms with van der Waals surface area (Å²) in [6.45, 7) is 5.55. The Balaban J connectivity index is 1.72. The molecule has 0 spiro atoms. The molecule has 1 saturated heterocycles. The van der Waals surface area contributed by atoms with Crippen LogP contribution in [-0.2, 0) is 16.1 Å². The summed E-state index contributed by atoms with van der Waals surface area (Å²) in [7, 11) is 1.50. The van der Waals surface area contributed by atoms with Crippen LogP contribution in [0.4, 0.5) is 11.5 Å². The molecule has 1 aliphatic rings. The molecule has 4 atom stereocenters. The molecule has 12 nitrogen and oxygen atoms in total. The summed E-state index contributed by atoms with van der Waals surface area (Å²) >= 11 is 0. The Labute approximate surface area is 207 Å². The SMILES string of the molecule is COc1ccc([N+](=O)[O-])c([C@@H](OCc2cn([C@H]3C[C@H](O)[C@@H](CO)O3)c3ncnc(N)c23)C(C)(C)C)c1. The lowest BCUT2D eigenvalue weighted by atomic mass is 9.83. The van der Waals surface area contributed by atoms with Crippen molar-refractivity contribution < 1.29 is 29.3 Å². The average Bonchev–Trinajstić information content (AvgIpc) is 3.38. The van der Waals surface area contributed by atoms with Crippen molar-refractivity contribution in [3.63, 3.8) is 0 Å². The molecule has 4 N–H and O–H groups in total. The van der Waals surface area contributed by atoms with Gasteiger partial charge in [-0.05, 0) is 17.5 Å². The summed E-state index contributed by atoms with van der Waals surface area (Å²) in [6, 6.07) is 4.58. The van der Waals surface area contributed by atoms with E-state index in [-0.39, 0.29) is 31.1 Å². The molecule has 3 heterocycles. The number of aromatic nitrogens is 3. The van der Waals surface area contributed by atoms with Crippen LogP contribution in [0.25, 0.3) is 11.0 Å². The first-order chi connectivity index (χ1) is 17.0. The van der Waals surface area contributed by atoms with E-state index in [2.05, 4.69) is 9.97 Å². The van der Waals surface area contributed by atoms with E-state index >= 15 is 0 Å². The van der Waals surface area contributed by atoms with E-state index in [1.165, 1.54) is 19.5 Å². The number of hydrogen-bond acceptors (Lipinski definition) is 10. The predicted octanol–water partition coefficient (Wildman–Crippen LogP) is 2.88. The molecule has 2 aromatic heterocycles. The van der Waals surface area contributed by atoms with Gasteiger partial charge in [-0.25, -0.2) is 9.97 Å². The molecule has 0 bridgehead atoms. The van der Waals surface area contributed by atoms with Crippen LogP contribution in [0.1, 0.15) is 50.7 Å². The van der Waals surface area contributed by atoms with Gasteiger partial charge in [-0.15, -0.1) is 0 Å². The highest BCUT2D eigenvalue weighted by Gasteiger charge is 2.37. The van der Waals surface area contributed by atoms with E-state index in [0.717, 1.165) is 0 Å². The minimum absolute atomic E-state index is 0.0517. The fraction of sp³-hybridized carbons (Fsp3) is 0.500. The van der Waals surface area contributed by atoms with Crippen molar-refractivity contribution in [3.8, 4) is 5.75 Å². The van der Waals surface area contributed by atoms with Gasteiger partial charge < -0.3 is 34.7 Å². The number of nitrogens with zero attached hydrogens (tertiary/aromatic N) is 4. The Morgan fingerprint density at radius 2 is 2.11 bits per heavy atom. The summed E-state index contributed by atoms with van der Waals surface area (Å²) in [5.41, 5.74) is 7.18. The molecule has 1 aliphatic heterocycles. The third-order valence-corrected chi connectivity index (χ3v) is 6.32. The van der Waals surface area contributed by atoms with Crippen LogP contribution in [0.3, 0.4) is 0 Å². The minimum atomic E-state index is -0.824. The van der Waals surface area contributed by atoms with Crippen LogP contribution >= 0.6 is 0 Å². The maximum atomic E-state index is 11.8. The van der Waals surface area contributed by atoms with Gasteiger partial charge in [0.05, 0.1) is 48.4 Å². The van der Waals surface area contributed by atoms with Gasteiger partial charge >= 0.3 is 0 Å². The van der Waals surface area contributed by atoms with Crippen molar-refractivity contribution in [2.24, 2.45) is 5.41 Å². The summed E-state index contributed by atoms with van der Waals surface area (Å²) in [4.78, 5) is 19.8. The van der Waals surface area contributed by atoms with Crippen LogP contribution in [-0.4, -0.2) is 55.6 Å². The van der Waals surface area contributed by atoms with Gasteiger partial charge in [-0.3, -0.25) is 10.1 Å². The van der Waals surface area contributed by atoms with E-state index in [0.29, 0.717) is 27.9 Å². The van der Waals surface area contributed by atoms with Gasteiger partial charge in [0.25, 0.3) is 5.69 Å². The second-order valence-electron chi connectivity index (χ2n) is 9.87. The number of benzene rings is 1. The number of aliphatic hydroxyl groups excluding tert-OH is 2. The quantitative estimate of drug-likeness (QED) is 0.308. The van der Waals surface area contributed by atoms with Crippen molar-refractivity contribution in [1.82, 2.24) is 14.5 Å². The second-order valence-corrected chi connectivity index (χ2v) is 9.87. The largest absolute Gasteiger partial charge is 0.497 e. The molecule has 0 radical (unpaired) electrons. The van der Waals surface area contributed by atoms with E-state index in [1.54, 1.807) is 22.9 Å². The number of nitrogens with two attached hydrogens (primary N) is 1. The first kappa shape index (κ1) is 25.8. The van der Waals surface area contributed by atoms with Crippen molar-refractivity contribution >= 4 is 22.5 Å². The third kappa shape index (κ3) is 4.85. The zero-order valence-corrected chi connectivity index (χ0v) is 20.6. The summed E-state index contributed by atoms with van der Waals surface area (Å²) < 4.78 is 19.2. The number of methoxy groups -OCH3 is 1. The van der Waals surface area contributed by atoms with E-state index in [9.17, 15) is 20.3 Å². The van der Waals surface area contributed by atoms with Crippen molar-refractivity contribution in [3.05, 3.63) is 52.0 Å². The summed E-state index contributed by atoms with van der Waals surface area (Å²) in [6.07, 6.45) is 0.610. The lowest BCUT2D eigenvalue weighted by Gasteiger charge is -2.31. The average molecular weight is 502 g/mol. The number of anilines is 1. The molecule has 0 unspecified atom stereocenters. The third-order valence-electron chi connectivity index (χ3n) is 6.32. The second kappa shape index (κ2) is 9.97. The fourth-order valence-electron chi connectivity index (χ4n) is 4.58.